The third kappa shape index (κ3) is 2.01. The molecule has 0 amide bonds. The fourth-order valence-electron chi connectivity index (χ4n) is 1.21. The van der Waals surface area contributed by atoms with E-state index in [4.69, 9.17) is 22.3 Å². The van der Waals surface area contributed by atoms with Gasteiger partial charge in [0.05, 0.1) is 5.56 Å². The number of hydrogen-bond donors (Lipinski definition) is 4. The zero-order chi connectivity index (χ0) is 10.7. The fourth-order valence-corrected chi connectivity index (χ4v) is 1.21. The number of carboxylic acids is 1. The van der Waals surface area contributed by atoms with Gasteiger partial charge in [0, 0.05) is 18.3 Å². The minimum atomic E-state index is -1.05. The van der Waals surface area contributed by atoms with Crippen LogP contribution >= 0.6 is 0 Å². The molecule has 0 aromatic heterocycles. The van der Waals surface area contributed by atoms with E-state index in [0.717, 1.165) is 0 Å². The van der Waals surface area contributed by atoms with Crippen LogP contribution in [0.4, 0.5) is 5.69 Å². The second-order valence-electron chi connectivity index (χ2n) is 2.99. The number of carboxylic acid groups (broad SMARTS) is 1. The summed E-state index contributed by atoms with van der Waals surface area (Å²) in [6, 6.07) is 4.11. The third-order valence-corrected chi connectivity index (χ3v) is 1.96. The van der Waals surface area contributed by atoms with Crippen LogP contribution in [0.25, 0.3) is 0 Å². The van der Waals surface area contributed by atoms with Crippen molar-refractivity contribution in [2.75, 3.05) is 12.3 Å². The average Bonchev–Trinajstić information content (AvgIpc) is 2.16. The molecule has 0 saturated heterocycles. The van der Waals surface area contributed by atoms with Crippen molar-refractivity contribution in [2.24, 2.45) is 11.5 Å². The van der Waals surface area contributed by atoms with Crippen LogP contribution < -0.4 is 17.2 Å². The standard InChI is InChI=1S/C9H13N3O2/c10-4-8(12)6-2-1-5(11)3-7(6)9(13)14/h1-3,8H,4,10-12H2,(H,13,14). The van der Waals surface area contributed by atoms with Crippen molar-refractivity contribution in [3.05, 3.63) is 29.3 Å². The summed E-state index contributed by atoms with van der Waals surface area (Å²) in [7, 11) is 0. The Morgan fingerprint density at radius 1 is 1.50 bits per heavy atom. The van der Waals surface area contributed by atoms with E-state index in [0.29, 0.717) is 11.3 Å². The predicted molar refractivity (Wildman–Crippen MR) is 53.8 cm³/mol. The van der Waals surface area contributed by atoms with Crippen LogP contribution in [0.5, 0.6) is 0 Å². The first-order valence-electron chi connectivity index (χ1n) is 4.14. The monoisotopic (exact) mass is 195 g/mol. The molecule has 0 aliphatic heterocycles. The number of aromatic carboxylic acids is 1. The van der Waals surface area contributed by atoms with Gasteiger partial charge in [-0.1, -0.05) is 6.07 Å². The second-order valence-corrected chi connectivity index (χ2v) is 2.99. The number of nitrogen functional groups attached to an aromatic ring is 1. The molecule has 14 heavy (non-hydrogen) atoms. The highest BCUT2D eigenvalue weighted by atomic mass is 16.4. The molecule has 5 heteroatoms. The number of anilines is 1. The van der Waals surface area contributed by atoms with E-state index in [1.165, 1.54) is 6.07 Å². The van der Waals surface area contributed by atoms with Crippen LogP contribution in [0.1, 0.15) is 22.0 Å². The van der Waals surface area contributed by atoms with Gasteiger partial charge in [0.25, 0.3) is 0 Å². The van der Waals surface area contributed by atoms with Gasteiger partial charge in [-0.3, -0.25) is 0 Å². The zero-order valence-corrected chi connectivity index (χ0v) is 7.60. The van der Waals surface area contributed by atoms with Gasteiger partial charge in [-0.2, -0.15) is 0 Å². The molecule has 1 aromatic carbocycles. The Kier molecular flexibility index (Phi) is 3.06. The number of carbonyl (C=O) groups is 1. The molecule has 0 radical (unpaired) electrons. The van der Waals surface area contributed by atoms with Crippen molar-refractivity contribution in [1.82, 2.24) is 0 Å². The van der Waals surface area contributed by atoms with Gasteiger partial charge in [-0.05, 0) is 17.7 Å². The van der Waals surface area contributed by atoms with Crippen LogP contribution in [0.2, 0.25) is 0 Å². The topological polar surface area (TPSA) is 115 Å². The van der Waals surface area contributed by atoms with E-state index >= 15 is 0 Å². The minimum Gasteiger partial charge on any atom is -0.478 e. The lowest BCUT2D eigenvalue weighted by molar-refractivity contribution is 0.0695. The molecule has 5 nitrogen and oxygen atoms in total. The van der Waals surface area contributed by atoms with Crippen LogP contribution in [-0.4, -0.2) is 17.6 Å². The van der Waals surface area contributed by atoms with Crippen LogP contribution in [-0.2, 0) is 0 Å². The SMILES string of the molecule is NCC(N)c1ccc(N)cc1C(=O)O. The largest absolute Gasteiger partial charge is 0.478 e. The summed E-state index contributed by atoms with van der Waals surface area (Å²) in [4.78, 5) is 10.8. The molecule has 0 aliphatic rings. The van der Waals surface area contributed by atoms with Gasteiger partial charge in [0.1, 0.15) is 0 Å². The molecule has 1 aromatic rings. The van der Waals surface area contributed by atoms with Gasteiger partial charge in [0.15, 0.2) is 0 Å². The quantitative estimate of drug-likeness (QED) is 0.504. The van der Waals surface area contributed by atoms with Crippen LogP contribution in [0, 0.1) is 0 Å². The molecule has 0 spiro atoms. The van der Waals surface area contributed by atoms with E-state index in [2.05, 4.69) is 0 Å². The molecule has 7 N–H and O–H groups in total. The molecule has 1 rings (SSSR count). The van der Waals surface area contributed by atoms with E-state index in [-0.39, 0.29) is 12.1 Å². The summed E-state index contributed by atoms with van der Waals surface area (Å²) in [5, 5.41) is 8.88. The molecule has 1 atom stereocenters. The first-order valence-corrected chi connectivity index (χ1v) is 4.14. The van der Waals surface area contributed by atoms with Crippen molar-refractivity contribution in [2.45, 2.75) is 6.04 Å². The Morgan fingerprint density at radius 3 is 2.64 bits per heavy atom. The van der Waals surface area contributed by atoms with Gasteiger partial charge in [0.2, 0.25) is 0 Å². The lowest BCUT2D eigenvalue weighted by Crippen LogP contribution is -2.23. The summed E-state index contributed by atoms with van der Waals surface area (Å²) >= 11 is 0. The normalized spacial score (nSPS) is 12.4. The lowest BCUT2D eigenvalue weighted by Gasteiger charge is -2.12. The van der Waals surface area contributed by atoms with E-state index in [1.54, 1.807) is 12.1 Å². The molecule has 0 heterocycles. The van der Waals surface area contributed by atoms with Crippen LogP contribution in [0.15, 0.2) is 18.2 Å². The van der Waals surface area contributed by atoms with Gasteiger partial charge >= 0.3 is 5.97 Å². The van der Waals surface area contributed by atoms with Gasteiger partial charge < -0.3 is 22.3 Å². The Balaban J connectivity index is 3.21. The maximum absolute atomic E-state index is 10.8. The first-order chi connectivity index (χ1) is 6.56. The Labute approximate surface area is 81.5 Å². The zero-order valence-electron chi connectivity index (χ0n) is 7.60. The summed E-state index contributed by atoms with van der Waals surface area (Å²) in [5.74, 6) is -1.05. The van der Waals surface area contributed by atoms with Crippen molar-refractivity contribution >= 4 is 11.7 Å². The highest BCUT2D eigenvalue weighted by molar-refractivity contribution is 5.90. The Hall–Kier alpha value is -1.59. The van der Waals surface area contributed by atoms with Crippen molar-refractivity contribution in [3.8, 4) is 0 Å². The molecule has 1 unspecified atom stereocenters. The molecule has 0 aliphatic carbocycles. The second kappa shape index (κ2) is 4.08. The van der Waals surface area contributed by atoms with Crippen molar-refractivity contribution < 1.29 is 9.90 Å². The van der Waals surface area contributed by atoms with Crippen molar-refractivity contribution in [1.29, 1.82) is 0 Å². The summed E-state index contributed by atoms with van der Waals surface area (Å²) in [6.45, 7) is 0.199. The summed E-state index contributed by atoms with van der Waals surface area (Å²) < 4.78 is 0. The summed E-state index contributed by atoms with van der Waals surface area (Å²) in [6.07, 6.45) is 0. The molecule has 0 fully saturated rings. The average molecular weight is 195 g/mol. The number of rotatable bonds is 3. The van der Waals surface area contributed by atoms with Crippen LogP contribution in [0.3, 0.4) is 0 Å². The van der Waals surface area contributed by atoms with Crippen molar-refractivity contribution in [3.63, 3.8) is 0 Å². The molecule has 76 valence electrons. The number of benzene rings is 1. The fraction of sp³-hybridized carbons (Fsp3) is 0.222. The molecule has 0 saturated carbocycles. The molecular weight excluding hydrogens is 182 g/mol. The predicted octanol–water partition coefficient (Wildman–Crippen LogP) is -0.0745. The lowest BCUT2D eigenvalue weighted by atomic mass is 10.0. The maximum Gasteiger partial charge on any atom is 0.336 e. The number of nitrogens with two attached hydrogens (primary N) is 3. The molecule has 0 bridgehead atoms. The third-order valence-electron chi connectivity index (χ3n) is 1.96. The highest BCUT2D eigenvalue weighted by Crippen LogP contribution is 2.18. The Bertz CT molecular complexity index is 352. The minimum absolute atomic E-state index is 0.114. The van der Waals surface area contributed by atoms with Gasteiger partial charge in [-0.25, -0.2) is 4.79 Å². The van der Waals surface area contributed by atoms with E-state index < -0.39 is 12.0 Å². The van der Waals surface area contributed by atoms with Gasteiger partial charge in [-0.15, -0.1) is 0 Å². The first kappa shape index (κ1) is 10.5. The number of hydrogen-bond acceptors (Lipinski definition) is 4. The highest BCUT2D eigenvalue weighted by Gasteiger charge is 2.14. The van der Waals surface area contributed by atoms with E-state index in [1.807, 2.05) is 0 Å². The smallest absolute Gasteiger partial charge is 0.336 e. The maximum atomic E-state index is 10.8. The molecular formula is C9H13N3O2. The Morgan fingerprint density at radius 2 is 2.14 bits per heavy atom. The summed E-state index contributed by atoms with van der Waals surface area (Å²) in [5.41, 5.74) is 17.5. The van der Waals surface area contributed by atoms with E-state index in [9.17, 15) is 4.79 Å².